The molecule has 0 aromatic heterocycles. The average Bonchev–Trinajstić information content (AvgIpc) is 2.64. The van der Waals surface area contributed by atoms with Gasteiger partial charge in [0.2, 0.25) is 11.8 Å². The Morgan fingerprint density at radius 2 is 1.93 bits per heavy atom. The molecular weight excluding hydrogens is 371 g/mol. The summed E-state index contributed by atoms with van der Waals surface area (Å²) in [5.41, 5.74) is 0.419. The number of piperazine rings is 1. The van der Waals surface area contributed by atoms with Gasteiger partial charge in [-0.05, 0) is 24.6 Å². The van der Waals surface area contributed by atoms with E-state index in [9.17, 15) is 23.6 Å². The number of amides is 3. The maximum Gasteiger partial charge on any atom is 0.317 e. The molecule has 0 bridgehead atoms. The molecule has 0 spiro atoms. The SMILES string of the molecule is O=C(O)CN1CCN(c2ccc(C(=O)NC3CCC(=O)NC3=O)c(F)c2)CC1. The third-order valence-corrected chi connectivity index (χ3v) is 4.84. The molecule has 2 aliphatic heterocycles. The molecule has 1 aromatic carbocycles. The summed E-state index contributed by atoms with van der Waals surface area (Å²) in [4.78, 5) is 49.7. The predicted octanol–water partition coefficient (Wildman–Crippen LogP) is -0.433. The summed E-state index contributed by atoms with van der Waals surface area (Å²) in [6.45, 7) is 2.17. The van der Waals surface area contributed by atoms with Crippen LogP contribution in [0.1, 0.15) is 23.2 Å². The van der Waals surface area contributed by atoms with E-state index in [1.54, 1.807) is 11.0 Å². The third kappa shape index (κ3) is 4.63. The lowest BCUT2D eigenvalue weighted by atomic mass is 10.1. The van der Waals surface area contributed by atoms with E-state index >= 15 is 0 Å². The van der Waals surface area contributed by atoms with Gasteiger partial charge in [-0.1, -0.05) is 0 Å². The lowest BCUT2D eigenvalue weighted by Crippen LogP contribution is -2.52. The number of carbonyl (C=O) groups is 4. The molecule has 1 unspecified atom stereocenters. The lowest BCUT2D eigenvalue weighted by Gasteiger charge is -2.35. The van der Waals surface area contributed by atoms with E-state index in [0.29, 0.717) is 31.9 Å². The number of nitrogens with one attached hydrogen (secondary N) is 2. The van der Waals surface area contributed by atoms with Gasteiger partial charge >= 0.3 is 5.97 Å². The number of benzene rings is 1. The standard InChI is InChI=1S/C18H21FN4O5/c19-13-9-11(23-7-5-22(6-8-23)10-16(25)26)1-2-12(13)17(27)20-14-3-4-15(24)21-18(14)28/h1-2,9,14H,3-8,10H2,(H,20,27)(H,25,26)(H,21,24,28). The fourth-order valence-corrected chi connectivity index (χ4v) is 3.31. The first-order valence-electron chi connectivity index (χ1n) is 8.96. The number of rotatable bonds is 5. The van der Waals surface area contributed by atoms with Gasteiger partial charge in [-0.2, -0.15) is 0 Å². The normalized spacial score (nSPS) is 20.6. The monoisotopic (exact) mass is 392 g/mol. The highest BCUT2D eigenvalue weighted by atomic mass is 19.1. The van der Waals surface area contributed by atoms with Crippen molar-refractivity contribution in [2.45, 2.75) is 18.9 Å². The number of anilines is 1. The number of imide groups is 1. The molecule has 0 radical (unpaired) electrons. The second-order valence-electron chi connectivity index (χ2n) is 6.80. The molecule has 2 saturated heterocycles. The van der Waals surface area contributed by atoms with Crippen molar-refractivity contribution in [3.05, 3.63) is 29.6 Å². The van der Waals surface area contributed by atoms with Crippen molar-refractivity contribution in [3.63, 3.8) is 0 Å². The van der Waals surface area contributed by atoms with Crippen LogP contribution < -0.4 is 15.5 Å². The van der Waals surface area contributed by atoms with Gasteiger partial charge in [0, 0.05) is 38.3 Å². The second-order valence-corrected chi connectivity index (χ2v) is 6.80. The van der Waals surface area contributed by atoms with Crippen LogP contribution in [-0.2, 0) is 14.4 Å². The summed E-state index contributed by atoms with van der Waals surface area (Å²) < 4.78 is 14.5. The summed E-state index contributed by atoms with van der Waals surface area (Å²) >= 11 is 0. The number of hydrogen-bond acceptors (Lipinski definition) is 6. The van der Waals surface area contributed by atoms with Crippen LogP contribution in [0.5, 0.6) is 0 Å². The molecule has 0 saturated carbocycles. The minimum Gasteiger partial charge on any atom is -0.480 e. The van der Waals surface area contributed by atoms with Crippen LogP contribution in [0, 0.1) is 5.82 Å². The van der Waals surface area contributed by atoms with Crippen molar-refractivity contribution in [1.29, 1.82) is 0 Å². The topological polar surface area (TPSA) is 119 Å². The fraction of sp³-hybridized carbons (Fsp3) is 0.444. The summed E-state index contributed by atoms with van der Waals surface area (Å²) in [5.74, 6) is -3.30. The summed E-state index contributed by atoms with van der Waals surface area (Å²) in [6, 6.07) is 3.36. The molecule has 150 valence electrons. The molecule has 3 N–H and O–H groups in total. The molecule has 3 amide bonds. The van der Waals surface area contributed by atoms with Gasteiger partial charge in [0.25, 0.3) is 5.91 Å². The van der Waals surface area contributed by atoms with Crippen molar-refractivity contribution in [2.24, 2.45) is 0 Å². The quantitative estimate of drug-likeness (QED) is 0.582. The number of piperidine rings is 1. The summed E-state index contributed by atoms with van der Waals surface area (Å²) in [5, 5.41) is 13.4. The van der Waals surface area contributed by atoms with E-state index < -0.39 is 35.5 Å². The average molecular weight is 392 g/mol. The Balaban J connectivity index is 1.61. The zero-order valence-electron chi connectivity index (χ0n) is 15.1. The van der Waals surface area contributed by atoms with Crippen molar-refractivity contribution >= 4 is 29.4 Å². The van der Waals surface area contributed by atoms with Crippen LogP contribution >= 0.6 is 0 Å². The highest BCUT2D eigenvalue weighted by Crippen LogP contribution is 2.21. The van der Waals surface area contributed by atoms with Gasteiger partial charge < -0.3 is 15.3 Å². The van der Waals surface area contributed by atoms with Gasteiger partial charge in [0.15, 0.2) is 0 Å². The Labute approximate surface area is 160 Å². The molecule has 2 fully saturated rings. The highest BCUT2D eigenvalue weighted by molar-refractivity contribution is 6.03. The first kappa shape index (κ1) is 19.7. The zero-order valence-corrected chi connectivity index (χ0v) is 15.1. The van der Waals surface area contributed by atoms with E-state index in [0.717, 1.165) is 0 Å². The smallest absolute Gasteiger partial charge is 0.317 e. The van der Waals surface area contributed by atoms with Crippen molar-refractivity contribution in [3.8, 4) is 0 Å². The van der Waals surface area contributed by atoms with E-state index in [1.165, 1.54) is 12.1 Å². The number of halogens is 1. The molecule has 10 heteroatoms. The second kappa shape index (κ2) is 8.34. The highest BCUT2D eigenvalue weighted by Gasteiger charge is 2.29. The van der Waals surface area contributed by atoms with Crippen molar-refractivity contribution in [2.75, 3.05) is 37.6 Å². The van der Waals surface area contributed by atoms with E-state index in [-0.39, 0.29) is 24.9 Å². The van der Waals surface area contributed by atoms with Crippen LogP contribution in [-0.4, -0.2) is 72.5 Å². The molecule has 28 heavy (non-hydrogen) atoms. The minimum atomic E-state index is -0.883. The molecule has 2 aliphatic rings. The molecule has 2 heterocycles. The largest absolute Gasteiger partial charge is 0.480 e. The number of hydrogen-bond donors (Lipinski definition) is 3. The fourth-order valence-electron chi connectivity index (χ4n) is 3.31. The maximum absolute atomic E-state index is 14.5. The number of nitrogens with zero attached hydrogens (tertiary/aromatic N) is 2. The van der Waals surface area contributed by atoms with Crippen LogP contribution in [0.2, 0.25) is 0 Å². The van der Waals surface area contributed by atoms with Crippen molar-refractivity contribution in [1.82, 2.24) is 15.5 Å². The number of carboxylic acid groups (broad SMARTS) is 1. The van der Waals surface area contributed by atoms with Crippen LogP contribution in [0.25, 0.3) is 0 Å². The molecule has 0 aliphatic carbocycles. The van der Waals surface area contributed by atoms with Gasteiger partial charge in [0.1, 0.15) is 11.9 Å². The third-order valence-electron chi connectivity index (χ3n) is 4.84. The molecule has 1 aromatic rings. The molecule has 3 rings (SSSR count). The van der Waals surface area contributed by atoms with Crippen molar-refractivity contribution < 1.29 is 28.7 Å². The first-order chi connectivity index (χ1) is 13.3. The summed E-state index contributed by atoms with van der Waals surface area (Å²) in [7, 11) is 0. The Hall–Kier alpha value is -3.01. The van der Waals surface area contributed by atoms with Crippen LogP contribution in [0.3, 0.4) is 0 Å². The van der Waals surface area contributed by atoms with Crippen LogP contribution in [0.4, 0.5) is 10.1 Å². The number of carbonyl (C=O) groups excluding carboxylic acids is 3. The Bertz CT molecular complexity index is 807. The number of carboxylic acids is 1. The summed E-state index contributed by atoms with van der Waals surface area (Å²) in [6.07, 6.45) is 0.294. The van der Waals surface area contributed by atoms with E-state index in [4.69, 9.17) is 5.11 Å². The predicted molar refractivity (Wildman–Crippen MR) is 96.3 cm³/mol. The maximum atomic E-state index is 14.5. The first-order valence-corrected chi connectivity index (χ1v) is 8.96. The van der Waals surface area contributed by atoms with Gasteiger partial charge in [-0.15, -0.1) is 0 Å². The van der Waals surface area contributed by atoms with E-state index in [1.807, 2.05) is 4.90 Å². The minimum absolute atomic E-state index is 0.0261. The van der Waals surface area contributed by atoms with Crippen LogP contribution in [0.15, 0.2) is 18.2 Å². The molecular formula is C18H21FN4O5. The Morgan fingerprint density at radius 1 is 1.21 bits per heavy atom. The van der Waals surface area contributed by atoms with Gasteiger partial charge in [-0.3, -0.25) is 29.4 Å². The number of aliphatic carboxylic acids is 1. The van der Waals surface area contributed by atoms with Gasteiger partial charge in [0.05, 0.1) is 12.1 Å². The Morgan fingerprint density at radius 3 is 2.54 bits per heavy atom. The van der Waals surface area contributed by atoms with E-state index in [2.05, 4.69) is 10.6 Å². The molecule has 1 atom stereocenters. The lowest BCUT2D eigenvalue weighted by molar-refractivity contribution is -0.138. The molecule has 9 nitrogen and oxygen atoms in total. The van der Waals surface area contributed by atoms with Gasteiger partial charge in [-0.25, -0.2) is 4.39 Å². The Kier molecular flexibility index (Phi) is 5.88. The zero-order chi connectivity index (χ0) is 20.3.